The molecule has 0 radical (unpaired) electrons. The summed E-state index contributed by atoms with van der Waals surface area (Å²) >= 11 is 0. The van der Waals surface area contributed by atoms with E-state index in [1.807, 2.05) is 31.7 Å². The molecule has 0 aliphatic carbocycles. The first-order chi connectivity index (χ1) is 16.2. The summed E-state index contributed by atoms with van der Waals surface area (Å²) in [6.07, 6.45) is -0.674. The van der Waals surface area contributed by atoms with Crippen LogP contribution in [-0.4, -0.2) is 56.7 Å². The van der Waals surface area contributed by atoms with Crippen molar-refractivity contribution < 1.29 is 18.0 Å². The number of anilines is 1. The first-order valence-electron chi connectivity index (χ1n) is 11.2. The molecule has 0 saturated carbocycles. The molecule has 180 valence electrons. The van der Waals surface area contributed by atoms with Gasteiger partial charge < -0.3 is 9.80 Å². The van der Waals surface area contributed by atoms with Crippen LogP contribution in [-0.2, 0) is 23.9 Å². The largest absolute Gasteiger partial charge is 0.416 e. The molecule has 0 bridgehead atoms. The quantitative estimate of drug-likeness (QED) is 0.564. The van der Waals surface area contributed by atoms with Crippen molar-refractivity contribution in [2.24, 2.45) is 0 Å². The Balaban J connectivity index is 1.53. The molecule has 7 nitrogen and oxygen atoms in total. The average Bonchev–Trinajstić information content (AvgIpc) is 3.14. The van der Waals surface area contributed by atoms with E-state index in [-0.39, 0.29) is 12.5 Å². The molecule has 1 aliphatic rings. The van der Waals surface area contributed by atoms with E-state index >= 15 is 0 Å². The summed E-state index contributed by atoms with van der Waals surface area (Å²) in [7, 11) is 0. The summed E-state index contributed by atoms with van der Waals surface area (Å²) in [5, 5.41) is 4.35. The van der Waals surface area contributed by atoms with Crippen molar-refractivity contribution in [2.75, 3.05) is 31.1 Å². The molecule has 1 saturated heterocycles. The Labute approximate surface area is 196 Å². The number of alkyl halides is 3. The van der Waals surface area contributed by atoms with Crippen LogP contribution in [0.5, 0.6) is 0 Å². The van der Waals surface area contributed by atoms with E-state index in [2.05, 4.69) is 15.1 Å². The zero-order valence-corrected chi connectivity index (χ0v) is 19.4. The lowest BCUT2D eigenvalue weighted by molar-refractivity contribution is -0.137. The number of nitrogens with zero attached hydrogens (tertiary/aromatic N) is 6. The lowest BCUT2D eigenvalue weighted by Gasteiger charge is -2.37. The van der Waals surface area contributed by atoms with Crippen molar-refractivity contribution >= 4 is 11.6 Å². The molecule has 10 heteroatoms. The Bertz CT molecular complexity index is 1160. The molecular weight excluding hydrogens is 445 g/mol. The van der Waals surface area contributed by atoms with E-state index in [0.717, 1.165) is 23.5 Å². The van der Waals surface area contributed by atoms with Crippen LogP contribution in [0.1, 0.15) is 29.7 Å². The maximum Gasteiger partial charge on any atom is 0.416 e. The monoisotopic (exact) mass is 472 g/mol. The number of amides is 1. The van der Waals surface area contributed by atoms with Gasteiger partial charge in [-0.25, -0.2) is 9.97 Å². The summed E-state index contributed by atoms with van der Waals surface area (Å²) in [6, 6.07) is 5.67. The van der Waals surface area contributed by atoms with Crippen LogP contribution >= 0.6 is 0 Å². The number of aryl methyl sites for hydroxylation is 3. The van der Waals surface area contributed by atoms with Gasteiger partial charge in [0, 0.05) is 67.5 Å². The molecular formula is C24H27F3N6O. The number of carbonyl (C=O) groups is 1. The van der Waals surface area contributed by atoms with E-state index in [1.54, 1.807) is 22.0 Å². The topological polar surface area (TPSA) is 67.2 Å². The highest BCUT2D eigenvalue weighted by Gasteiger charge is 2.32. The second kappa shape index (κ2) is 9.44. The number of hydrogen-bond acceptors (Lipinski definition) is 5. The van der Waals surface area contributed by atoms with Crippen molar-refractivity contribution in [3.63, 3.8) is 0 Å². The molecule has 0 N–H and O–H groups in total. The van der Waals surface area contributed by atoms with Crippen molar-refractivity contribution in [2.45, 2.75) is 39.9 Å². The molecule has 0 unspecified atom stereocenters. The van der Waals surface area contributed by atoms with E-state index in [0.29, 0.717) is 55.2 Å². The highest BCUT2D eigenvalue weighted by Crippen LogP contribution is 2.37. The molecule has 1 aromatic carbocycles. The lowest BCUT2D eigenvalue weighted by Crippen LogP contribution is -2.49. The van der Waals surface area contributed by atoms with Crippen molar-refractivity contribution in [1.29, 1.82) is 0 Å². The summed E-state index contributed by atoms with van der Waals surface area (Å²) in [5.74, 6) is 0.606. The molecule has 4 rings (SSSR count). The van der Waals surface area contributed by atoms with Crippen LogP contribution in [0.15, 0.2) is 36.7 Å². The Hall–Kier alpha value is -3.43. The maximum absolute atomic E-state index is 13.4. The fourth-order valence-corrected chi connectivity index (χ4v) is 4.16. The first-order valence-corrected chi connectivity index (χ1v) is 11.2. The molecule has 1 aliphatic heterocycles. The third-order valence-corrected chi connectivity index (χ3v) is 6.02. The van der Waals surface area contributed by atoms with Crippen LogP contribution in [0.2, 0.25) is 0 Å². The summed E-state index contributed by atoms with van der Waals surface area (Å²) in [4.78, 5) is 25.1. The molecule has 1 fully saturated rings. The van der Waals surface area contributed by atoms with Gasteiger partial charge in [-0.2, -0.15) is 18.3 Å². The fourth-order valence-electron chi connectivity index (χ4n) is 4.16. The summed E-state index contributed by atoms with van der Waals surface area (Å²) in [5.41, 5.74) is 2.70. The number of piperazine rings is 1. The minimum absolute atomic E-state index is 0.0259. The highest BCUT2D eigenvalue weighted by molar-refractivity contribution is 5.80. The van der Waals surface area contributed by atoms with Gasteiger partial charge in [0.15, 0.2) is 0 Å². The number of rotatable bonds is 5. The Morgan fingerprint density at radius 3 is 2.26 bits per heavy atom. The number of halogens is 3. The first kappa shape index (κ1) is 23.7. The molecule has 2 aromatic heterocycles. The average molecular weight is 473 g/mol. The van der Waals surface area contributed by atoms with E-state index in [1.165, 1.54) is 6.07 Å². The Morgan fingerprint density at radius 2 is 1.71 bits per heavy atom. The van der Waals surface area contributed by atoms with Gasteiger partial charge >= 0.3 is 6.18 Å². The van der Waals surface area contributed by atoms with Crippen molar-refractivity contribution in [3.8, 4) is 11.1 Å². The second-order valence-electron chi connectivity index (χ2n) is 8.42. The van der Waals surface area contributed by atoms with Gasteiger partial charge in [-0.3, -0.25) is 9.48 Å². The zero-order valence-electron chi connectivity index (χ0n) is 19.4. The maximum atomic E-state index is 13.4. The fraction of sp³-hybridized carbons (Fsp3) is 0.417. The number of benzene rings is 1. The SMILES string of the molecule is CCc1ncc(-c2cc(C(F)(F)F)ccc2N2CCN(C(=O)Cn3nc(C)cc3C)CC2)cn1. The third kappa shape index (κ3) is 5.05. The van der Waals surface area contributed by atoms with Crippen molar-refractivity contribution in [3.05, 3.63) is 59.4 Å². The normalized spacial score (nSPS) is 14.5. The Kier molecular flexibility index (Phi) is 6.58. The minimum Gasteiger partial charge on any atom is -0.367 e. The van der Waals surface area contributed by atoms with Gasteiger partial charge in [-0.05, 0) is 38.1 Å². The minimum atomic E-state index is -4.45. The smallest absolute Gasteiger partial charge is 0.367 e. The number of hydrogen-bond donors (Lipinski definition) is 0. The van der Waals surface area contributed by atoms with Gasteiger partial charge in [0.25, 0.3) is 0 Å². The van der Waals surface area contributed by atoms with Crippen LogP contribution in [0, 0.1) is 13.8 Å². The molecule has 1 amide bonds. The molecule has 0 spiro atoms. The molecule has 3 aromatic rings. The molecule has 0 atom stereocenters. The van der Waals surface area contributed by atoms with E-state index < -0.39 is 11.7 Å². The second-order valence-corrected chi connectivity index (χ2v) is 8.42. The Morgan fingerprint density at radius 1 is 1.03 bits per heavy atom. The predicted octanol–water partition coefficient (Wildman–Crippen LogP) is 3.89. The summed E-state index contributed by atoms with van der Waals surface area (Å²) < 4.78 is 42.0. The number of carbonyl (C=O) groups excluding carboxylic acids is 1. The van der Waals surface area contributed by atoms with E-state index in [4.69, 9.17) is 0 Å². The standard InChI is InChI=1S/C24H27F3N6O/c1-4-22-28-13-18(14-29-22)20-12-19(24(25,26)27)5-6-21(20)31-7-9-32(10-8-31)23(34)15-33-17(3)11-16(2)30-33/h5-6,11-14H,4,7-10,15H2,1-3H3. The third-order valence-electron chi connectivity index (χ3n) is 6.02. The summed E-state index contributed by atoms with van der Waals surface area (Å²) in [6.45, 7) is 7.86. The van der Waals surface area contributed by atoms with Gasteiger partial charge in [-0.1, -0.05) is 6.92 Å². The van der Waals surface area contributed by atoms with Crippen LogP contribution in [0.25, 0.3) is 11.1 Å². The van der Waals surface area contributed by atoms with Gasteiger partial charge in [0.1, 0.15) is 12.4 Å². The van der Waals surface area contributed by atoms with Gasteiger partial charge in [-0.15, -0.1) is 0 Å². The van der Waals surface area contributed by atoms with Crippen LogP contribution in [0.3, 0.4) is 0 Å². The van der Waals surface area contributed by atoms with Crippen LogP contribution < -0.4 is 4.90 Å². The number of aromatic nitrogens is 4. The van der Waals surface area contributed by atoms with Crippen molar-refractivity contribution in [1.82, 2.24) is 24.6 Å². The highest BCUT2D eigenvalue weighted by atomic mass is 19.4. The molecule has 3 heterocycles. The lowest BCUT2D eigenvalue weighted by atomic mass is 10.0. The van der Waals surface area contributed by atoms with Gasteiger partial charge in [0.2, 0.25) is 5.91 Å². The van der Waals surface area contributed by atoms with E-state index in [9.17, 15) is 18.0 Å². The molecule has 34 heavy (non-hydrogen) atoms. The van der Waals surface area contributed by atoms with Crippen LogP contribution in [0.4, 0.5) is 18.9 Å². The van der Waals surface area contributed by atoms with Gasteiger partial charge in [0.05, 0.1) is 11.3 Å². The predicted molar refractivity (Wildman–Crippen MR) is 122 cm³/mol. The zero-order chi connectivity index (χ0) is 24.5.